The zero-order chi connectivity index (χ0) is 17.5. The van der Waals surface area contributed by atoms with Gasteiger partial charge in [-0.3, -0.25) is 0 Å². The summed E-state index contributed by atoms with van der Waals surface area (Å²) in [6.07, 6.45) is 14.7. The van der Waals surface area contributed by atoms with E-state index in [2.05, 4.69) is 45.0 Å². The van der Waals surface area contributed by atoms with Crippen LogP contribution in [0.25, 0.3) is 0 Å². The van der Waals surface area contributed by atoms with Gasteiger partial charge in [-0.2, -0.15) is 0 Å². The van der Waals surface area contributed by atoms with E-state index in [0.717, 1.165) is 5.75 Å². The lowest BCUT2D eigenvalue weighted by molar-refractivity contribution is 0.552. The molecule has 1 rings (SSSR count). The summed E-state index contributed by atoms with van der Waals surface area (Å²) in [5, 5.41) is 2.66. The normalized spacial score (nSPS) is 10.8. The summed E-state index contributed by atoms with van der Waals surface area (Å²) in [7, 11) is 0. The van der Waals surface area contributed by atoms with E-state index in [1.165, 1.54) is 86.8 Å². The van der Waals surface area contributed by atoms with Crippen molar-refractivity contribution in [3.05, 3.63) is 29.8 Å². The van der Waals surface area contributed by atoms with Gasteiger partial charge < -0.3 is 3.79 Å². The number of unbranched alkanes of at least 4 members (excludes halogenated alkanes) is 7. The van der Waals surface area contributed by atoms with Gasteiger partial charge >= 0.3 is 14.5 Å². The molecule has 1 aromatic carbocycles. The molecule has 0 aliphatic rings. The predicted molar refractivity (Wildman–Crippen MR) is 109 cm³/mol. The van der Waals surface area contributed by atoms with Crippen LogP contribution in [0.15, 0.2) is 24.3 Å². The SMILES string of the molecule is CCCCCCCCc1ccc([O][Al]([CH2]CCC)[CH2]CCC)cc1. The van der Waals surface area contributed by atoms with Crippen LogP contribution in [0.1, 0.15) is 90.5 Å². The minimum absolute atomic E-state index is 1.05. The topological polar surface area (TPSA) is 9.23 Å². The third-order valence-electron chi connectivity index (χ3n) is 4.80. The van der Waals surface area contributed by atoms with Crippen molar-refractivity contribution in [2.75, 3.05) is 0 Å². The van der Waals surface area contributed by atoms with Crippen LogP contribution in [0.4, 0.5) is 0 Å². The zero-order valence-corrected chi connectivity index (χ0v) is 17.6. The second kappa shape index (κ2) is 14.9. The Labute approximate surface area is 155 Å². The molecule has 0 atom stereocenters. The maximum atomic E-state index is 6.38. The maximum absolute atomic E-state index is 6.38. The van der Waals surface area contributed by atoms with Gasteiger partial charge in [0.1, 0.15) is 0 Å². The molecule has 0 heterocycles. The van der Waals surface area contributed by atoms with Gasteiger partial charge in [0.25, 0.3) is 0 Å². The highest BCUT2D eigenvalue weighted by Gasteiger charge is 2.21. The van der Waals surface area contributed by atoms with Gasteiger partial charge in [-0.25, -0.2) is 0 Å². The summed E-state index contributed by atoms with van der Waals surface area (Å²) in [6.45, 7) is 6.84. The first kappa shape index (κ1) is 21.6. The first-order valence-corrected chi connectivity index (χ1v) is 12.7. The first-order chi connectivity index (χ1) is 11.8. The minimum atomic E-state index is -1.05. The number of hydrogen-bond acceptors (Lipinski definition) is 1. The van der Waals surface area contributed by atoms with E-state index >= 15 is 0 Å². The largest absolute Gasteiger partial charge is 0.643 e. The molecule has 0 amide bonds. The van der Waals surface area contributed by atoms with Crippen LogP contribution in [-0.4, -0.2) is 14.5 Å². The molecule has 0 radical (unpaired) electrons. The van der Waals surface area contributed by atoms with Gasteiger partial charge in [-0.05, 0) is 30.5 Å². The Morgan fingerprint density at radius 2 is 1.21 bits per heavy atom. The van der Waals surface area contributed by atoms with Crippen LogP contribution in [-0.2, 0) is 6.42 Å². The Hall–Kier alpha value is -0.448. The fourth-order valence-corrected chi connectivity index (χ4v) is 5.96. The molecule has 24 heavy (non-hydrogen) atoms. The molecule has 0 unspecified atom stereocenters. The smallest absolute Gasteiger partial charge is 0.546 e. The zero-order valence-electron chi connectivity index (χ0n) is 16.5. The highest BCUT2D eigenvalue weighted by atomic mass is 27.2. The third-order valence-corrected chi connectivity index (χ3v) is 7.51. The summed E-state index contributed by atoms with van der Waals surface area (Å²) in [4.78, 5) is 0. The molecular weight excluding hydrogens is 307 g/mol. The standard InChI is InChI=1S/C14H22O.2C4H9.Al/c1-2-3-4-5-6-7-8-13-9-11-14(15)12-10-13;2*1-3-4-2;/h9-12,15H,2-8H2,1H3;2*1,3-4H2,2H3;/q;;;+1/p-1. The summed E-state index contributed by atoms with van der Waals surface area (Å²) in [5.41, 5.74) is 1.47. The molecule has 2 heteroatoms. The highest BCUT2D eigenvalue weighted by molar-refractivity contribution is 6.52. The van der Waals surface area contributed by atoms with Crippen molar-refractivity contribution in [3.63, 3.8) is 0 Å². The lowest BCUT2D eigenvalue weighted by Gasteiger charge is -2.15. The highest BCUT2D eigenvalue weighted by Crippen LogP contribution is 2.19. The summed E-state index contributed by atoms with van der Waals surface area (Å²) >= 11 is -1.05. The van der Waals surface area contributed by atoms with E-state index < -0.39 is 14.5 Å². The fourth-order valence-electron chi connectivity index (χ4n) is 3.16. The first-order valence-electron chi connectivity index (χ1n) is 10.6. The average molecular weight is 347 g/mol. The molecule has 0 aliphatic heterocycles. The quantitative estimate of drug-likeness (QED) is 0.235. The molecule has 0 saturated carbocycles. The van der Waals surface area contributed by atoms with Crippen molar-refractivity contribution in [2.24, 2.45) is 0 Å². The Bertz CT molecular complexity index is 379. The molecule has 0 spiro atoms. The van der Waals surface area contributed by atoms with Gasteiger partial charge in [0.05, 0.1) is 5.75 Å². The summed E-state index contributed by atoms with van der Waals surface area (Å²) in [6, 6.07) is 8.99. The molecule has 0 bridgehead atoms. The van der Waals surface area contributed by atoms with Crippen LogP contribution < -0.4 is 3.79 Å². The van der Waals surface area contributed by atoms with Crippen molar-refractivity contribution < 1.29 is 3.79 Å². The van der Waals surface area contributed by atoms with Crippen LogP contribution in [0.2, 0.25) is 10.6 Å². The Morgan fingerprint density at radius 1 is 0.667 bits per heavy atom. The summed E-state index contributed by atoms with van der Waals surface area (Å²) in [5.74, 6) is 1.12. The number of aryl methyl sites for hydroxylation is 1. The number of hydrogen-bond donors (Lipinski definition) is 0. The van der Waals surface area contributed by atoms with Gasteiger partial charge in [0, 0.05) is 0 Å². The van der Waals surface area contributed by atoms with E-state index in [1.54, 1.807) is 0 Å². The van der Waals surface area contributed by atoms with Crippen LogP contribution in [0.5, 0.6) is 5.75 Å². The van der Waals surface area contributed by atoms with Crippen LogP contribution >= 0.6 is 0 Å². The predicted octanol–water partition coefficient (Wildman–Crippen LogP) is 7.56. The van der Waals surface area contributed by atoms with E-state index in [-0.39, 0.29) is 0 Å². The van der Waals surface area contributed by atoms with Crippen molar-refractivity contribution in [2.45, 2.75) is 102 Å². The molecule has 0 aromatic heterocycles. The van der Waals surface area contributed by atoms with E-state index in [4.69, 9.17) is 3.79 Å². The van der Waals surface area contributed by atoms with E-state index in [9.17, 15) is 0 Å². The molecule has 0 N–H and O–H groups in total. The Balaban J connectivity index is 2.33. The van der Waals surface area contributed by atoms with Crippen LogP contribution in [0, 0.1) is 0 Å². The minimum Gasteiger partial charge on any atom is -0.643 e. The number of benzene rings is 1. The Kier molecular flexibility index (Phi) is 13.4. The molecule has 1 aromatic rings. The van der Waals surface area contributed by atoms with Crippen molar-refractivity contribution in [1.29, 1.82) is 0 Å². The molecule has 0 fully saturated rings. The van der Waals surface area contributed by atoms with Gasteiger partial charge in [0.15, 0.2) is 0 Å². The molecule has 136 valence electrons. The maximum Gasteiger partial charge on any atom is 0.546 e. The lowest BCUT2D eigenvalue weighted by Crippen LogP contribution is -2.21. The van der Waals surface area contributed by atoms with Crippen LogP contribution in [0.3, 0.4) is 0 Å². The summed E-state index contributed by atoms with van der Waals surface area (Å²) < 4.78 is 6.38. The van der Waals surface area contributed by atoms with Crippen molar-refractivity contribution in [3.8, 4) is 5.75 Å². The van der Waals surface area contributed by atoms with Crippen molar-refractivity contribution in [1.82, 2.24) is 0 Å². The monoisotopic (exact) mass is 346 g/mol. The average Bonchev–Trinajstić information content (AvgIpc) is 2.61. The molecule has 1 nitrogen and oxygen atoms in total. The molecule has 0 aliphatic carbocycles. The second-order valence-electron chi connectivity index (χ2n) is 7.19. The van der Waals surface area contributed by atoms with Gasteiger partial charge in [-0.1, -0.05) is 101 Å². The second-order valence-corrected chi connectivity index (χ2v) is 9.82. The van der Waals surface area contributed by atoms with Crippen molar-refractivity contribution >= 4 is 14.5 Å². The number of rotatable bonds is 15. The Morgan fingerprint density at radius 3 is 1.79 bits per heavy atom. The third kappa shape index (κ3) is 10.4. The van der Waals surface area contributed by atoms with Gasteiger partial charge in [-0.15, -0.1) is 0 Å². The molecule has 0 saturated heterocycles. The van der Waals surface area contributed by atoms with E-state index in [1.807, 2.05) is 0 Å². The fraction of sp³-hybridized carbons (Fsp3) is 0.727. The lowest BCUT2D eigenvalue weighted by atomic mass is 10.1. The van der Waals surface area contributed by atoms with Gasteiger partial charge in [0.2, 0.25) is 0 Å². The molecular formula is C22H39AlO. The van der Waals surface area contributed by atoms with E-state index in [0.29, 0.717) is 0 Å².